The maximum atomic E-state index is 11.2. The molecule has 1 N–H and O–H groups in total. The zero-order chi connectivity index (χ0) is 19.7. The minimum Gasteiger partial charge on any atom is -0.481 e. The summed E-state index contributed by atoms with van der Waals surface area (Å²) in [6.45, 7) is 3.98. The summed E-state index contributed by atoms with van der Waals surface area (Å²) < 4.78 is 7.28. The normalized spacial score (nSPS) is 15.3. The largest absolute Gasteiger partial charge is 0.481 e. The van der Waals surface area contributed by atoms with Gasteiger partial charge in [-0.15, -0.1) is 0 Å². The van der Waals surface area contributed by atoms with Crippen LogP contribution in [0, 0.1) is 6.92 Å². The van der Waals surface area contributed by atoms with Crippen molar-refractivity contribution in [1.82, 2.24) is 9.61 Å². The third-order valence-electron chi connectivity index (χ3n) is 5.66. The molecule has 0 unspecified atom stereocenters. The number of benzene rings is 1. The third kappa shape index (κ3) is 3.36. The molecule has 1 aliphatic rings. The standard InChI is InChI=1S/C22H25N3O3/c1-15-18(9-12-25-22(15)16(14-23-25)13-21(26)27)19-5-3-4-6-20(19)24-10-7-17(28-2)8-11-24/h3-6,9,12,14,17H,7-8,10-11,13H2,1-2H3,(H,26,27). The predicted octanol–water partition coefficient (Wildman–Crippen LogP) is 3.55. The number of methoxy groups -OCH3 is 1. The van der Waals surface area contributed by atoms with Crippen molar-refractivity contribution in [2.24, 2.45) is 0 Å². The lowest BCUT2D eigenvalue weighted by molar-refractivity contribution is -0.136. The number of aliphatic carboxylic acids is 1. The van der Waals surface area contributed by atoms with E-state index in [9.17, 15) is 9.90 Å². The van der Waals surface area contributed by atoms with E-state index in [1.54, 1.807) is 17.8 Å². The molecule has 0 spiro atoms. The zero-order valence-corrected chi connectivity index (χ0v) is 16.3. The molecule has 146 valence electrons. The number of pyridine rings is 1. The number of rotatable bonds is 5. The summed E-state index contributed by atoms with van der Waals surface area (Å²) in [4.78, 5) is 13.7. The van der Waals surface area contributed by atoms with Gasteiger partial charge in [0.2, 0.25) is 0 Å². The second-order valence-corrected chi connectivity index (χ2v) is 7.33. The number of anilines is 1. The van der Waals surface area contributed by atoms with Gasteiger partial charge >= 0.3 is 5.97 Å². The Hall–Kier alpha value is -2.86. The van der Waals surface area contributed by atoms with E-state index in [-0.39, 0.29) is 6.42 Å². The van der Waals surface area contributed by atoms with Crippen molar-refractivity contribution in [2.75, 3.05) is 25.1 Å². The third-order valence-corrected chi connectivity index (χ3v) is 5.66. The van der Waals surface area contributed by atoms with Gasteiger partial charge in [0.05, 0.1) is 24.2 Å². The number of fused-ring (bicyclic) bond motifs is 1. The average Bonchev–Trinajstić information content (AvgIpc) is 3.11. The van der Waals surface area contributed by atoms with Gasteiger partial charge in [-0.05, 0) is 43.0 Å². The highest BCUT2D eigenvalue weighted by molar-refractivity contribution is 5.85. The first-order valence-electron chi connectivity index (χ1n) is 9.63. The fourth-order valence-corrected chi connectivity index (χ4v) is 4.21. The van der Waals surface area contributed by atoms with E-state index in [1.807, 2.05) is 13.1 Å². The Balaban J connectivity index is 1.77. The lowest BCUT2D eigenvalue weighted by Crippen LogP contribution is -2.36. The van der Waals surface area contributed by atoms with Gasteiger partial charge in [-0.3, -0.25) is 4.79 Å². The van der Waals surface area contributed by atoms with Crippen molar-refractivity contribution < 1.29 is 14.6 Å². The summed E-state index contributed by atoms with van der Waals surface area (Å²) >= 11 is 0. The number of carboxylic acids is 1. The molecular formula is C22H25N3O3. The smallest absolute Gasteiger partial charge is 0.307 e. The molecular weight excluding hydrogens is 354 g/mol. The summed E-state index contributed by atoms with van der Waals surface area (Å²) in [7, 11) is 1.78. The number of hydrogen-bond acceptors (Lipinski definition) is 4. The summed E-state index contributed by atoms with van der Waals surface area (Å²) in [5, 5.41) is 13.6. The zero-order valence-electron chi connectivity index (χ0n) is 16.3. The molecule has 6 nitrogen and oxygen atoms in total. The number of nitrogens with zero attached hydrogens (tertiary/aromatic N) is 3. The van der Waals surface area contributed by atoms with Crippen LogP contribution in [0.4, 0.5) is 5.69 Å². The molecule has 0 radical (unpaired) electrons. The van der Waals surface area contributed by atoms with Crippen LogP contribution in [0.1, 0.15) is 24.0 Å². The second kappa shape index (κ2) is 7.64. The Bertz CT molecular complexity index is 1000. The van der Waals surface area contributed by atoms with Crippen molar-refractivity contribution in [3.8, 4) is 11.1 Å². The molecule has 1 aliphatic heterocycles. The Morgan fingerprint density at radius 1 is 1.21 bits per heavy atom. The topological polar surface area (TPSA) is 67.1 Å². The fourth-order valence-electron chi connectivity index (χ4n) is 4.21. The molecule has 4 rings (SSSR count). The Morgan fingerprint density at radius 3 is 2.68 bits per heavy atom. The number of hydrogen-bond donors (Lipinski definition) is 1. The van der Waals surface area contributed by atoms with Gasteiger partial charge in [0.15, 0.2) is 0 Å². The second-order valence-electron chi connectivity index (χ2n) is 7.33. The first-order valence-corrected chi connectivity index (χ1v) is 9.63. The molecule has 3 heterocycles. The summed E-state index contributed by atoms with van der Waals surface area (Å²) in [6, 6.07) is 10.5. The summed E-state index contributed by atoms with van der Waals surface area (Å²) in [6.07, 6.45) is 5.92. The van der Waals surface area contributed by atoms with Crippen molar-refractivity contribution in [3.63, 3.8) is 0 Å². The molecule has 1 aromatic carbocycles. The Morgan fingerprint density at radius 2 is 1.96 bits per heavy atom. The van der Waals surface area contributed by atoms with Crippen LogP contribution < -0.4 is 4.90 Å². The quantitative estimate of drug-likeness (QED) is 0.734. The highest BCUT2D eigenvalue weighted by atomic mass is 16.5. The summed E-state index contributed by atoms with van der Waals surface area (Å²) in [5.74, 6) is -0.846. The van der Waals surface area contributed by atoms with Crippen LogP contribution in [0.15, 0.2) is 42.7 Å². The van der Waals surface area contributed by atoms with Crippen molar-refractivity contribution in [2.45, 2.75) is 32.3 Å². The number of aryl methyl sites for hydroxylation is 1. The van der Waals surface area contributed by atoms with E-state index in [2.05, 4.69) is 40.3 Å². The van der Waals surface area contributed by atoms with Crippen molar-refractivity contribution >= 4 is 17.2 Å². The van der Waals surface area contributed by atoms with E-state index in [0.717, 1.165) is 48.1 Å². The van der Waals surface area contributed by atoms with Crippen molar-refractivity contribution in [1.29, 1.82) is 0 Å². The van der Waals surface area contributed by atoms with Crippen LogP contribution in [-0.4, -0.2) is 47.0 Å². The maximum Gasteiger partial charge on any atom is 0.307 e. The van der Waals surface area contributed by atoms with Crippen LogP contribution in [0.5, 0.6) is 0 Å². The van der Waals surface area contributed by atoms with Gasteiger partial charge in [-0.1, -0.05) is 18.2 Å². The number of carbonyl (C=O) groups is 1. The molecule has 28 heavy (non-hydrogen) atoms. The van der Waals surface area contributed by atoms with E-state index in [4.69, 9.17) is 4.74 Å². The molecule has 0 bridgehead atoms. The van der Waals surface area contributed by atoms with E-state index < -0.39 is 5.97 Å². The first kappa shape index (κ1) is 18.5. The van der Waals surface area contributed by atoms with Gasteiger partial charge in [-0.2, -0.15) is 5.10 Å². The molecule has 3 aromatic rings. The van der Waals surface area contributed by atoms with E-state index in [0.29, 0.717) is 6.10 Å². The van der Waals surface area contributed by atoms with E-state index >= 15 is 0 Å². The number of aromatic nitrogens is 2. The van der Waals surface area contributed by atoms with Crippen LogP contribution >= 0.6 is 0 Å². The molecule has 0 atom stereocenters. The Kier molecular flexibility index (Phi) is 5.05. The Labute approximate surface area is 164 Å². The summed E-state index contributed by atoms with van der Waals surface area (Å²) in [5.41, 5.74) is 6.17. The minimum atomic E-state index is -0.846. The fraction of sp³-hybridized carbons (Fsp3) is 0.364. The number of para-hydroxylation sites is 1. The minimum absolute atomic E-state index is 0.0278. The van der Waals surface area contributed by atoms with Crippen LogP contribution in [0.2, 0.25) is 0 Å². The highest BCUT2D eigenvalue weighted by Gasteiger charge is 2.22. The van der Waals surface area contributed by atoms with E-state index in [1.165, 1.54) is 11.3 Å². The van der Waals surface area contributed by atoms with Crippen LogP contribution in [0.3, 0.4) is 0 Å². The lowest BCUT2D eigenvalue weighted by atomic mass is 9.96. The van der Waals surface area contributed by atoms with Gasteiger partial charge in [0.25, 0.3) is 0 Å². The van der Waals surface area contributed by atoms with Gasteiger partial charge in [0, 0.05) is 43.2 Å². The molecule has 6 heteroatoms. The molecule has 1 fully saturated rings. The average molecular weight is 379 g/mol. The monoisotopic (exact) mass is 379 g/mol. The maximum absolute atomic E-state index is 11.2. The SMILES string of the molecule is COC1CCN(c2ccccc2-c2ccn3ncc(CC(=O)O)c3c2C)CC1. The molecule has 0 aliphatic carbocycles. The molecule has 1 saturated heterocycles. The molecule has 0 amide bonds. The molecule has 2 aromatic heterocycles. The van der Waals surface area contributed by atoms with Crippen LogP contribution in [-0.2, 0) is 16.0 Å². The van der Waals surface area contributed by atoms with Gasteiger partial charge in [0.1, 0.15) is 0 Å². The predicted molar refractivity (Wildman–Crippen MR) is 109 cm³/mol. The highest BCUT2D eigenvalue weighted by Crippen LogP contribution is 2.36. The van der Waals surface area contributed by atoms with Gasteiger partial charge < -0.3 is 14.7 Å². The van der Waals surface area contributed by atoms with Gasteiger partial charge in [-0.25, -0.2) is 4.52 Å². The lowest BCUT2D eigenvalue weighted by Gasteiger charge is -2.34. The number of carboxylic acid groups (broad SMARTS) is 1. The molecule has 0 saturated carbocycles. The number of piperidine rings is 1. The van der Waals surface area contributed by atoms with Crippen LogP contribution in [0.25, 0.3) is 16.6 Å². The van der Waals surface area contributed by atoms with Crippen molar-refractivity contribution in [3.05, 3.63) is 53.9 Å². The number of ether oxygens (including phenoxy) is 1. The first-order chi connectivity index (χ1) is 13.6.